The van der Waals surface area contributed by atoms with Crippen LogP contribution in [-0.4, -0.2) is 22.2 Å². The van der Waals surface area contributed by atoms with E-state index in [-0.39, 0.29) is 12.2 Å². The number of aryl methyl sites for hydroxylation is 2. The zero-order chi connectivity index (χ0) is 22.0. The number of carboxylic acids is 1. The summed E-state index contributed by atoms with van der Waals surface area (Å²) in [5, 5.41) is 9.41. The van der Waals surface area contributed by atoms with Gasteiger partial charge in [0.05, 0.1) is 8.95 Å². The van der Waals surface area contributed by atoms with Gasteiger partial charge in [0.1, 0.15) is 11.3 Å². The number of hydrogen-bond donors (Lipinski definition) is 1. The summed E-state index contributed by atoms with van der Waals surface area (Å²) in [6.07, 6.45) is -0.572. The molecule has 8 heteroatoms. The van der Waals surface area contributed by atoms with Gasteiger partial charge in [-0.25, -0.2) is 18.6 Å². The number of ether oxygens (including phenoxy) is 1. The van der Waals surface area contributed by atoms with Crippen molar-refractivity contribution >= 4 is 48.7 Å². The van der Waals surface area contributed by atoms with Crippen molar-refractivity contribution in [1.82, 2.24) is 4.98 Å². The number of nitrogens with zero attached hydrogens (tertiary/aromatic N) is 1. The topological polar surface area (TPSA) is 59.4 Å². The van der Waals surface area contributed by atoms with E-state index in [0.29, 0.717) is 31.2 Å². The summed E-state index contributed by atoms with van der Waals surface area (Å²) in [4.78, 5) is 15.2. The lowest BCUT2D eigenvalue weighted by molar-refractivity contribution is -0.142. The molecular weight excluding hydrogens is 524 g/mol. The fourth-order valence-corrected chi connectivity index (χ4v) is 4.62. The number of hydrogen-bond acceptors (Lipinski definition) is 3. The minimum absolute atomic E-state index is 0.275. The second-order valence-corrected chi connectivity index (χ2v) is 8.69. The molecule has 0 aliphatic rings. The Balaban J connectivity index is 1.95. The van der Waals surface area contributed by atoms with E-state index in [1.54, 1.807) is 18.2 Å². The predicted octanol–water partition coefficient (Wildman–Crippen LogP) is 6.92. The number of aromatic nitrogens is 1. The van der Waals surface area contributed by atoms with Crippen LogP contribution in [0.15, 0.2) is 39.3 Å². The molecule has 3 aromatic rings. The summed E-state index contributed by atoms with van der Waals surface area (Å²) in [6, 6.07) is 8.11. The molecule has 0 spiro atoms. The summed E-state index contributed by atoms with van der Waals surface area (Å²) in [6.45, 7) is 3.95. The van der Waals surface area contributed by atoms with Gasteiger partial charge in [0.2, 0.25) is 6.17 Å². The molecule has 0 aliphatic carbocycles. The number of carbonyl (C=O) groups is 1. The first-order valence-corrected chi connectivity index (χ1v) is 10.9. The fourth-order valence-electron chi connectivity index (χ4n) is 3.17. The summed E-state index contributed by atoms with van der Waals surface area (Å²) >= 11 is 6.72. The molecule has 0 bridgehead atoms. The first kappa shape index (κ1) is 22.6. The molecule has 1 N–H and O–H groups in total. The maximum Gasteiger partial charge on any atom is 0.338 e. The Morgan fingerprint density at radius 1 is 1.20 bits per heavy atom. The van der Waals surface area contributed by atoms with Gasteiger partial charge in [0.15, 0.2) is 11.6 Å². The standard InChI is InChI=1S/C22H19Br2F2NO3/c1-3-4-13-5-11(2)15-9-14(10-18(25)20(15)27-13)30-21-16(23)6-12(7-17(21)24)8-19(26)22(28)29/h5-7,9-10,19H,3-4,8H2,1-2H3,(H,28,29). The fraction of sp³-hybridized carbons (Fsp3) is 0.273. The second-order valence-electron chi connectivity index (χ2n) is 6.98. The van der Waals surface area contributed by atoms with Gasteiger partial charge in [0.25, 0.3) is 0 Å². The Morgan fingerprint density at radius 2 is 1.87 bits per heavy atom. The maximum atomic E-state index is 14.8. The largest absolute Gasteiger partial charge is 0.479 e. The van der Waals surface area contributed by atoms with Crippen molar-refractivity contribution in [3.63, 3.8) is 0 Å². The van der Waals surface area contributed by atoms with Gasteiger partial charge < -0.3 is 9.84 Å². The molecule has 0 radical (unpaired) electrons. The number of fused-ring (bicyclic) bond motifs is 1. The van der Waals surface area contributed by atoms with Crippen LogP contribution >= 0.6 is 31.9 Å². The lowest BCUT2D eigenvalue weighted by Crippen LogP contribution is -2.17. The highest BCUT2D eigenvalue weighted by Crippen LogP contribution is 2.39. The van der Waals surface area contributed by atoms with Crippen LogP contribution in [0.25, 0.3) is 10.9 Å². The van der Waals surface area contributed by atoms with Crippen LogP contribution in [0.3, 0.4) is 0 Å². The van der Waals surface area contributed by atoms with Crippen LogP contribution in [0.1, 0.15) is 30.2 Å². The number of benzene rings is 2. The van der Waals surface area contributed by atoms with Gasteiger partial charge >= 0.3 is 5.97 Å². The molecule has 0 fully saturated rings. The number of carboxylic acid groups (broad SMARTS) is 1. The molecule has 0 amide bonds. The van der Waals surface area contributed by atoms with Crippen LogP contribution in [0, 0.1) is 12.7 Å². The summed E-state index contributed by atoms with van der Waals surface area (Å²) in [7, 11) is 0. The zero-order valence-electron chi connectivity index (χ0n) is 16.3. The van der Waals surface area contributed by atoms with Gasteiger partial charge in [-0.2, -0.15) is 0 Å². The Hall–Kier alpha value is -2.06. The van der Waals surface area contributed by atoms with Crippen molar-refractivity contribution in [3.05, 3.63) is 61.9 Å². The van der Waals surface area contributed by atoms with Gasteiger partial charge in [-0.15, -0.1) is 0 Å². The monoisotopic (exact) mass is 541 g/mol. The van der Waals surface area contributed by atoms with Crippen LogP contribution in [0.5, 0.6) is 11.5 Å². The quantitative estimate of drug-likeness (QED) is 0.352. The van der Waals surface area contributed by atoms with Gasteiger partial charge in [-0.3, -0.25) is 0 Å². The highest BCUT2D eigenvalue weighted by atomic mass is 79.9. The Labute approximate surface area is 189 Å². The van der Waals surface area contributed by atoms with E-state index in [4.69, 9.17) is 9.84 Å². The van der Waals surface area contributed by atoms with E-state index in [1.807, 2.05) is 19.9 Å². The van der Waals surface area contributed by atoms with E-state index >= 15 is 0 Å². The number of aliphatic carboxylic acids is 1. The van der Waals surface area contributed by atoms with Crippen molar-refractivity contribution in [2.24, 2.45) is 0 Å². The van der Waals surface area contributed by atoms with Gasteiger partial charge in [-0.05, 0) is 80.6 Å². The van der Waals surface area contributed by atoms with Crippen LogP contribution in [-0.2, 0) is 17.6 Å². The van der Waals surface area contributed by atoms with Crippen LogP contribution in [0.4, 0.5) is 8.78 Å². The molecule has 1 heterocycles. The molecular formula is C22H19Br2F2NO3. The molecule has 1 aromatic heterocycles. The third-order valence-electron chi connectivity index (χ3n) is 4.57. The lowest BCUT2D eigenvalue weighted by Gasteiger charge is -2.14. The highest BCUT2D eigenvalue weighted by Gasteiger charge is 2.19. The Morgan fingerprint density at radius 3 is 2.47 bits per heavy atom. The van der Waals surface area contributed by atoms with E-state index in [1.165, 1.54) is 6.07 Å². The summed E-state index contributed by atoms with van der Waals surface area (Å²) in [5.74, 6) is -1.33. The Bertz CT molecular complexity index is 1100. The van der Waals surface area contributed by atoms with Crippen LogP contribution in [0.2, 0.25) is 0 Å². The van der Waals surface area contributed by atoms with E-state index in [9.17, 15) is 13.6 Å². The van der Waals surface area contributed by atoms with Gasteiger partial charge in [0, 0.05) is 23.6 Å². The number of halogens is 4. The van der Waals surface area contributed by atoms with E-state index in [2.05, 4.69) is 36.8 Å². The molecule has 158 valence electrons. The van der Waals surface area contributed by atoms with Crippen LogP contribution < -0.4 is 4.74 Å². The minimum Gasteiger partial charge on any atom is -0.479 e. The van der Waals surface area contributed by atoms with E-state index < -0.39 is 18.0 Å². The number of alkyl halides is 1. The SMILES string of the molecule is CCCc1cc(C)c2cc(Oc3c(Br)cc(CC(F)C(=O)O)cc3Br)cc(F)c2n1. The first-order chi connectivity index (χ1) is 14.2. The maximum absolute atomic E-state index is 14.8. The zero-order valence-corrected chi connectivity index (χ0v) is 19.5. The smallest absolute Gasteiger partial charge is 0.338 e. The summed E-state index contributed by atoms with van der Waals surface area (Å²) < 4.78 is 35.2. The summed E-state index contributed by atoms with van der Waals surface area (Å²) in [5.41, 5.74) is 2.54. The lowest BCUT2D eigenvalue weighted by atomic mass is 10.1. The highest BCUT2D eigenvalue weighted by molar-refractivity contribution is 9.11. The molecule has 4 nitrogen and oxygen atoms in total. The second kappa shape index (κ2) is 9.39. The first-order valence-electron chi connectivity index (χ1n) is 9.32. The average molecular weight is 543 g/mol. The van der Waals surface area contributed by atoms with Gasteiger partial charge in [-0.1, -0.05) is 13.3 Å². The number of rotatable bonds is 7. The number of pyridine rings is 1. The molecule has 0 aliphatic heterocycles. The molecule has 1 atom stereocenters. The molecule has 0 saturated heterocycles. The average Bonchev–Trinajstić information content (AvgIpc) is 2.66. The molecule has 0 saturated carbocycles. The molecule has 3 rings (SSSR count). The Kier molecular flexibility index (Phi) is 7.08. The van der Waals surface area contributed by atoms with E-state index in [0.717, 1.165) is 24.1 Å². The predicted molar refractivity (Wildman–Crippen MR) is 119 cm³/mol. The third kappa shape index (κ3) is 4.98. The van der Waals surface area contributed by atoms with Crippen molar-refractivity contribution in [2.45, 2.75) is 39.3 Å². The molecule has 1 unspecified atom stereocenters. The van der Waals surface area contributed by atoms with Crippen molar-refractivity contribution in [2.75, 3.05) is 0 Å². The van der Waals surface area contributed by atoms with Crippen molar-refractivity contribution < 1.29 is 23.4 Å². The van der Waals surface area contributed by atoms with Crippen molar-refractivity contribution in [3.8, 4) is 11.5 Å². The normalized spacial score (nSPS) is 12.2. The minimum atomic E-state index is -2.00. The third-order valence-corrected chi connectivity index (χ3v) is 5.75. The molecule has 2 aromatic carbocycles. The van der Waals surface area contributed by atoms with Crippen molar-refractivity contribution in [1.29, 1.82) is 0 Å². The molecule has 30 heavy (non-hydrogen) atoms.